The standard InChI is InChI=1S/C19H15Cl2N3O2/c1-10(8-23-9-11(2)22)17-15-5-6-16(26-15)18(17)19(25)24-12-3-4-13(20)14(21)7-12/h3-9H,1,22H2,2H3,(H,24,25)/b11-9+,23-8-. The number of aliphatic imine (C=N–C) groups is 1. The molecule has 0 unspecified atom stereocenters. The van der Waals surface area contributed by atoms with E-state index in [0.29, 0.717) is 49.3 Å². The molecule has 2 aromatic heterocycles. The average molecular weight is 388 g/mol. The normalized spacial score (nSPS) is 12.2. The molecule has 1 aromatic carbocycles. The minimum Gasteiger partial charge on any atom is -0.456 e. The predicted octanol–water partition coefficient (Wildman–Crippen LogP) is 5.33. The van der Waals surface area contributed by atoms with Crippen LogP contribution in [-0.2, 0) is 0 Å². The van der Waals surface area contributed by atoms with Crippen LogP contribution in [0.1, 0.15) is 22.8 Å². The summed E-state index contributed by atoms with van der Waals surface area (Å²) in [6, 6.07) is 8.37. The maximum Gasteiger partial charge on any atom is 0.260 e. The van der Waals surface area contributed by atoms with Crippen molar-refractivity contribution in [2.24, 2.45) is 10.7 Å². The van der Waals surface area contributed by atoms with Crippen molar-refractivity contribution in [3.63, 3.8) is 0 Å². The van der Waals surface area contributed by atoms with E-state index < -0.39 is 0 Å². The van der Waals surface area contributed by atoms with E-state index in [1.807, 2.05) is 0 Å². The number of carbonyl (C=O) groups is 1. The van der Waals surface area contributed by atoms with E-state index in [-0.39, 0.29) is 5.91 Å². The topological polar surface area (TPSA) is 80.6 Å². The fourth-order valence-electron chi connectivity index (χ4n) is 2.47. The van der Waals surface area contributed by atoms with Crippen molar-refractivity contribution in [1.82, 2.24) is 0 Å². The average Bonchev–Trinajstić information content (AvgIpc) is 3.18. The van der Waals surface area contributed by atoms with Gasteiger partial charge < -0.3 is 15.5 Å². The molecule has 3 N–H and O–H groups in total. The number of anilines is 1. The Labute approximate surface area is 160 Å². The fraction of sp³-hybridized carbons (Fsp3) is 0.0526. The molecule has 7 heteroatoms. The van der Waals surface area contributed by atoms with Gasteiger partial charge in [-0.2, -0.15) is 0 Å². The van der Waals surface area contributed by atoms with Gasteiger partial charge in [0.2, 0.25) is 0 Å². The molecule has 0 fully saturated rings. The first-order valence-corrected chi connectivity index (χ1v) is 8.38. The summed E-state index contributed by atoms with van der Waals surface area (Å²) in [5, 5.41) is 3.55. The predicted molar refractivity (Wildman–Crippen MR) is 107 cm³/mol. The van der Waals surface area contributed by atoms with Gasteiger partial charge in [0.1, 0.15) is 11.2 Å². The molecule has 132 valence electrons. The zero-order chi connectivity index (χ0) is 18.8. The summed E-state index contributed by atoms with van der Waals surface area (Å²) in [5.74, 6) is -0.340. The molecule has 3 aromatic rings. The number of hydrogen-bond acceptors (Lipinski definition) is 4. The molecule has 2 heterocycles. The molecule has 0 saturated heterocycles. The lowest BCUT2D eigenvalue weighted by Gasteiger charge is -2.08. The van der Waals surface area contributed by atoms with Gasteiger partial charge in [-0.15, -0.1) is 0 Å². The van der Waals surface area contributed by atoms with Crippen LogP contribution in [0.2, 0.25) is 10.0 Å². The Morgan fingerprint density at radius 1 is 1.19 bits per heavy atom. The van der Waals surface area contributed by atoms with E-state index >= 15 is 0 Å². The summed E-state index contributed by atoms with van der Waals surface area (Å²) < 4.78 is 5.63. The fourth-order valence-corrected chi connectivity index (χ4v) is 2.77. The zero-order valence-electron chi connectivity index (χ0n) is 13.8. The molecule has 0 aliphatic heterocycles. The minimum atomic E-state index is -0.340. The minimum absolute atomic E-state index is 0.340. The van der Waals surface area contributed by atoms with Crippen LogP contribution in [0.3, 0.4) is 0 Å². The summed E-state index contributed by atoms with van der Waals surface area (Å²) in [6.45, 7) is 5.70. The molecule has 26 heavy (non-hydrogen) atoms. The Hall–Kier alpha value is -2.76. The lowest BCUT2D eigenvalue weighted by molar-refractivity contribution is 0.102. The Morgan fingerprint density at radius 2 is 1.88 bits per heavy atom. The van der Waals surface area contributed by atoms with E-state index in [0.717, 1.165) is 0 Å². The third kappa shape index (κ3) is 3.59. The lowest BCUT2D eigenvalue weighted by Crippen LogP contribution is -2.13. The summed E-state index contributed by atoms with van der Waals surface area (Å²) in [6.07, 6.45) is 3.03. The van der Waals surface area contributed by atoms with E-state index in [2.05, 4.69) is 16.9 Å². The second kappa shape index (κ2) is 7.23. The van der Waals surface area contributed by atoms with Gasteiger partial charge in [0.25, 0.3) is 5.91 Å². The van der Waals surface area contributed by atoms with Crippen molar-refractivity contribution >= 4 is 57.8 Å². The number of fused-ring (bicyclic) bond motifs is 2. The third-order valence-corrected chi connectivity index (χ3v) is 4.32. The summed E-state index contributed by atoms with van der Waals surface area (Å²) >= 11 is 11.9. The van der Waals surface area contributed by atoms with Gasteiger partial charge in [0.15, 0.2) is 0 Å². The molecule has 0 radical (unpaired) electrons. The SMILES string of the molecule is C=C(/C=N\C=C(/C)N)c1c(C(=O)Nc2ccc(Cl)c(Cl)c2)c2ccc1o2. The molecular weight excluding hydrogens is 373 g/mol. The summed E-state index contributed by atoms with van der Waals surface area (Å²) in [4.78, 5) is 16.9. The van der Waals surface area contributed by atoms with Crippen molar-refractivity contribution in [2.45, 2.75) is 6.92 Å². The van der Waals surface area contributed by atoms with Gasteiger partial charge in [-0.25, -0.2) is 0 Å². The maximum absolute atomic E-state index is 12.8. The highest BCUT2D eigenvalue weighted by atomic mass is 35.5. The summed E-state index contributed by atoms with van der Waals surface area (Å²) in [5.41, 5.74) is 9.18. The number of hydrogen-bond donors (Lipinski definition) is 2. The van der Waals surface area contributed by atoms with Crippen LogP contribution >= 0.6 is 23.2 Å². The van der Waals surface area contributed by atoms with E-state index in [1.54, 1.807) is 37.3 Å². The van der Waals surface area contributed by atoms with Crippen molar-refractivity contribution in [3.05, 3.63) is 70.0 Å². The van der Waals surface area contributed by atoms with Gasteiger partial charge in [-0.3, -0.25) is 9.79 Å². The van der Waals surface area contributed by atoms with Crippen molar-refractivity contribution in [3.8, 4) is 0 Å². The van der Waals surface area contributed by atoms with Gasteiger partial charge in [-0.05, 0) is 42.8 Å². The third-order valence-electron chi connectivity index (χ3n) is 3.58. The monoisotopic (exact) mass is 387 g/mol. The number of furan rings is 2. The number of benzene rings is 2. The molecule has 0 aliphatic rings. The Balaban J connectivity index is 1.92. The Kier molecular flexibility index (Phi) is 5.02. The van der Waals surface area contributed by atoms with Crippen molar-refractivity contribution in [2.75, 3.05) is 5.32 Å². The van der Waals surface area contributed by atoms with E-state index in [4.69, 9.17) is 33.4 Å². The second-order valence-electron chi connectivity index (χ2n) is 5.67. The van der Waals surface area contributed by atoms with Gasteiger partial charge in [0.05, 0.1) is 15.6 Å². The first kappa shape index (κ1) is 18.0. The number of allylic oxidation sites excluding steroid dienone is 2. The number of nitrogens with one attached hydrogen (secondary N) is 1. The quantitative estimate of drug-likeness (QED) is 0.580. The largest absolute Gasteiger partial charge is 0.456 e. The first-order chi connectivity index (χ1) is 12.4. The van der Waals surface area contributed by atoms with Crippen molar-refractivity contribution < 1.29 is 9.21 Å². The van der Waals surface area contributed by atoms with Gasteiger partial charge in [0, 0.05) is 29.4 Å². The highest BCUT2D eigenvalue weighted by molar-refractivity contribution is 6.42. The van der Waals surface area contributed by atoms with Crippen LogP contribution in [0.25, 0.3) is 16.7 Å². The van der Waals surface area contributed by atoms with Crippen LogP contribution in [-0.4, -0.2) is 12.1 Å². The van der Waals surface area contributed by atoms with Crippen LogP contribution in [0, 0.1) is 0 Å². The van der Waals surface area contributed by atoms with Crippen LogP contribution in [0.15, 0.2) is 58.2 Å². The molecule has 5 nitrogen and oxygen atoms in total. The second-order valence-corrected chi connectivity index (χ2v) is 6.49. The lowest BCUT2D eigenvalue weighted by atomic mass is 10.0. The van der Waals surface area contributed by atoms with Gasteiger partial charge in [-0.1, -0.05) is 29.8 Å². The molecule has 0 spiro atoms. The summed E-state index contributed by atoms with van der Waals surface area (Å²) in [7, 11) is 0. The number of amides is 1. The molecule has 2 bridgehead atoms. The number of nitrogens with zero attached hydrogens (tertiary/aromatic N) is 1. The number of nitrogens with two attached hydrogens (primary N) is 1. The van der Waals surface area contributed by atoms with Crippen LogP contribution < -0.4 is 11.1 Å². The smallest absolute Gasteiger partial charge is 0.260 e. The zero-order valence-corrected chi connectivity index (χ0v) is 15.4. The number of carbonyl (C=O) groups excluding carboxylic acids is 1. The maximum atomic E-state index is 12.8. The molecule has 0 aliphatic carbocycles. The van der Waals surface area contributed by atoms with E-state index in [1.165, 1.54) is 12.4 Å². The number of halogens is 2. The first-order valence-electron chi connectivity index (χ1n) is 7.63. The Bertz CT molecular complexity index is 1050. The highest BCUT2D eigenvalue weighted by Gasteiger charge is 2.24. The molecule has 1 amide bonds. The van der Waals surface area contributed by atoms with Crippen molar-refractivity contribution in [1.29, 1.82) is 0 Å². The van der Waals surface area contributed by atoms with Crippen LogP contribution in [0.4, 0.5) is 5.69 Å². The Morgan fingerprint density at radius 3 is 2.54 bits per heavy atom. The molecule has 0 saturated carbocycles. The molecule has 3 rings (SSSR count). The molecule has 0 atom stereocenters. The van der Waals surface area contributed by atoms with E-state index in [9.17, 15) is 4.79 Å². The van der Waals surface area contributed by atoms with Crippen LogP contribution in [0.5, 0.6) is 0 Å². The highest BCUT2D eigenvalue weighted by Crippen LogP contribution is 2.34. The molecular formula is C19H15Cl2N3O2. The van der Waals surface area contributed by atoms with Gasteiger partial charge >= 0.3 is 0 Å². The number of rotatable bonds is 5.